The van der Waals surface area contributed by atoms with E-state index >= 15 is 0 Å². The predicted octanol–water partition coefficient (Wildman–Crippen LogP) is 4.13. The molecule has 0 bridgehead atoms. The number of hydrogen-bond acceptors (Lipinski definition) is 2. The molecule has 1 heterocycles. The highest BCUT2D eigenvalue weighted by Gasteiger charge is 2.20. The van der Waals surface area contributed by atoms with Crippen LogP contribution in [0.2, 0.25) is 0 Å². The Kier molecular flexibility index (Phi) is 4.01. The van der Waals surface area contributed by atoms with Gasteiger partial charge in [0.2, 0.25) is 0 Å². The molecule has 5 rings (SSSR count). The van der Waals surface area contributed by atoms with Gasteiger partial charge in [0, 0.05) is 22.0 Å². The van der Waals surface area contributed by atoms with E-state index in [2.05, 4.69) is 41.0 Å². The van der Waals surface area contributed by atoms with Crippen molar-refractivity contribution in [2.75, 3.05) is 0 Å². The average molecular weight is 363 g/mol. The van der Waals surface area contributed by atoms with Crippen molar-refractivity contribution in [1.82, 2.24) is 4.57 Å². The number of hydrogen-bond donors (Lipinski definition) is 2. The van der Waals surface area contributed by atoms with Gasteiger partial charge >= 0.3 is 7.12 Å². The van der Waals surface area contributed by atoms with Gasteiger partial charge < -0.3 is 14.6 Å². The SMILES string of the molecule is OB(O)c1cc(-c2ccccc2)c2c(c1)c1ccccc1n2-c1ccccc1. The Morgan fingerprint density at radius 2 is 1.29 bits per heavy atom. The fraction of sp³-hybridized carbons (Fsp3) is 0. The van der Waals surface area contributed by atoms with Crippen molar-refractivity contribution in [3.8, 4) is 16.8 Å². The first-order valence-electron chi connectivity index (χ1n) is 9.28. The number of para-hydroxylation sites is 2. The molecule has 0 unspecified atom stereocenters. The summed E-state index contributed by atoms with van der Waals surface area (Å²) in [5.41, 5.74) is 5.72. The summed E-state index contributed by atoms with van der Waals surface area (Å²) in [7, 11) is -1.52. The third-order valence-electron chi connectivity index (χ3n) is 5.19. The van der Waals surface area contributed by atoms with Gasteiger partial charge in [-0.15, -0.1) is 0 Å². The van der Waals surface area contributed by atoms with E-state index in [0.29, 0.717) is 5.46 Å². The molecule has 3 nitrogen and oxygen atoms in total. The Labute approximate surface area is 163 Å². The van der Waals surface area contributed by atoms with E-state index in [1.807, 2.05) is 60.7 Å². The maximum absolute atomic E-state index is 9.90. The Morgan fingerprint density at radius 3 is 2.00 bits per heavy atom. The van der Waals surface area contributed by atoms with Gasteiger partial charge in [0.15, 0.2) is 0 Å². The minimum absolute atomic E-state index is 0.488. The van der Waals surface area contributed by atoms with Crippen LogP contribution in [-0.4, -0.2) is 21.7 Å². The van der Waals surface area contributed by atoms with Gasteiger partial charge in [0.1, 0.15) is 0 Å². The van der Waals surface area contributed by atoms with Crippen molar-refractivity contribution < 1.29 is 10.0 Å². The maximum atomic E-state index is 9.90. The van der Waals surface area contributed by atoms with Crippen molar-refractivity contribution in [3.05, 3.63) is 97.1 Å². The van der Waals surface area contributed by atoms with E-state index in [9.17, 15) is 10.0 Å². The molecular weight excluding hydrogens is 345 g/mol. The van der Waals surface area contributed by atoms with Gasteiger partial charge in [-0.1, -0.05) is 78.9 Å². The molecule has 5 aromatic rings. The van der Waals surface area contributed by atoms with E-state index in [4.69, 9.17) is 0 Å². The van der Waals surface area contributed by atoms with Crippen molar-refractivity contribution in [1.29, 1.82) is 0 Å². The molecule has 0 aliphatic heterocycles. The Hall–Kier alpha value is -3.34. The molecule has 0 fully saturated rings. The first kappa shape index (κ1) is 16.8. The lowest BCUT2D eigenvalue weighted by atomic mass is 9.78. The minimum Gasteiger partial charge on any atom is -0.423 e. The van der Waals surface area contributed by atoms with Crippen molar-refractivity contribution in [2.45, 2.75) is 0 Å². The highest BCUT2D eigenvalue weighted by Crippen LogP contribution is 2.37. The Morgan fingerprint density at radius 1 is 0.643 bits per heavy atom. The number of rotatable bonds is 3. The van der Waals surface area contributed by atoms with Crippen LogP contribution >= 0.6 is 0 Å². The van der Waals surface area contributed by atoms with Crippen LogP contribution in [0.1, 0.15) is 0 Å². The summed E-state index contributed by atoms with van der Waals surface area (Å²) >= 11 is 0. The van der Waals surface area contributed by atoms with Crippen molar-refractivity contribution in [3.63, 3.8) is 0 Å². The standard InChI is InChI=1S/C24H18BNO2/c27-25(28)18-15-21(17-9-3-1-4-10-17)24-22(16-18)20-13-7-8-14-23(20)26(24)19-11-5-2-6-12-19/h1-16,27-28H. The van der Waals surface area contributed by atoms with Crippen LogP contribution in [0.4, 0.5) is 0 Å². The van der Waals surface area contributed by atoms with Crippen LogP contribution in [0.25, 0.3) is 38.6 Å². The predicted molar refractivity (Wildman–Crippen MR) is 116 cm³/mol. The second-order valence-electron chi connectivity index (χ2n) is 6.89. The number of benzene rings is 4. The number of aromatic nitrogens is 1. The van der Waals surface area contributed by atoms with E-state index in [1.54, 1.807) is 0 Å². The molecule has 0 atom stereocenters. The third-order valence-corrected chi connectivity index (χ3v) is 5.19. The Balaban J connectivity index is 2.01. The molecule has 2 N–H and O–H groups in total. The van der Waals surface area contributed by atoms with Crippen LogP contribution in [0.15, 0.2) is 97.1 Å². The minimum atomic E-state index is -1.52. The molecule has 28 heavy (non-hydrogen) atoms. The topological polar surface area (TPSA) is 45.4 Å². The molecule has 0 amide bonds. The quantitative estimate of drug-likeness (QED) is 0.474. The lowest BCUT2D eigenvalue weighted by Crippen LogP contribution is -2.29. The highest BCUT2D eigenvalue weighted by molar-refractivity contribution is 6.59. The molecule has 0 aliphatic rings. The third kappa shape index (κ3) is 2.62. The van der Waals surface area contributed by atoms with Crippen molar-refractivity contribution >= 4 is 34.4 Å². The largest absolute Gasteiger partial charge is 0.488 e. The summed E-state index contributed by atoms with van der Waals surface area (Å²) in [5, 5.41) is 21.9. The second-order valence-corrected chi connectivity index (χ2v) is 6.89. The zero-order chi connectivity index (χ0) is 19.1. The first-order chi connectivity index (χ1) is 13.7. The fourth-order valence-corrected chi connectivity index (χ4v) is 3.95. The summed E-state index contributed by atoms with van der Waals surface area (Å²) in [5.74, 6) is 0. The molecule has 0 aliphatic carbocycles. The van der Waals surface area contributed by atoms with Crippen molar-refractivity contribution in [2.24, 2.45) is 0 Å². The van der Waals surface area contributed by atoms with Gasteiger partial charge in [-0.25, -0.2) is 0 Å². The van der Waals surface area contributed by atoms with Gasteiger partial charge in [-0.05, 0) is 29.2 Å². The fourth-order valence-electron chi connectivity index (χ4n) is 3.95. The van der Waals surface area contributed by atoms with Gasteiger partial charge in [0.05, 0.1) is 11.0 Å². The zero-order valence-corrected chi connectivity index (χ0v) is 15.2. The van der Waals surface area contributed by atoms with Crippen LogP contribution in [0, 0.1) is 0 Å². The highest BCUT2D eigenvalue weighted by atomic mass is 16.4. The van der Waals surface area contributed by atoms with Gasteiger partial charge in [-0.3, -0.25) is 0 Å². The molecule has 134 valence electrons. The molecule has 1 aromatic heterocycles. The maximum Gasteiger partial charge on any atom is 0.488 e. The number of fused-ring (bicyclic) bond motifs is 3. The lowest BCUT2D eigenvalue weighted by molar-refractivity contribution is 0.426. The van der Waals surface area contributed by atoms with E-state index in [1.165, 1.54) is 0 Å². The second kappa shape index (κ2) is 6.68. The smallest absolute Gasteiger partial charge is 0.423 e. The molecule has 0 spiro atoms. The molecule has 0 saturated carbocycles. The zero-order valence-electron chi connectivity index (χ0n) is 15.2. The van der Waals surface area contributed by atoms with Crippen LogP contribution in [0.3, 0.4) is 0 Å². The van der Waals surface area contributed by atoms with E-state index in [0.717, 1.165) is 38.6 Å². The lowest BCUT2D eigenvalue weighted by Gasteiger charge is -2.13. The monoisotopic (exact) mass is 363 g/mol. The van der Waals surface area contributed by atoms with Gasteiger partial charge in [0.25, 0.3) is 0 Å². The van der Waals surface area contributed by atoms with Crippen LogP contribution < -0.4 is 5.46 Å². The molecule has 0 saturated heterocycles. The average Bonchev–Trinajstić information content (AvgIpc) is 3.09. The van der Waals surface area contributed by atoms with E-state index in [-0.39, 0.29) is 0 Å². The normalized spacial score (nSPS) is 11.2. The van der Waals surface area contributed by atoms with Crippen LogP contribution in [-0.2, 0) is 0 Å². The summed E-state index contributed by atoms with van der Waals surface area (Å²) in [6.45, 7) is 0. The molecular formula is C24H18BNO2. The summed E-state index contributed by atoms with van der Waals surface area (Å²) in [6.07, 6.45) is 0. The first-order valence-corrected chi connectivity index (χ1v) is 9.28. The summed E-state index contributed by atoms with van der Waals surface area (Å²) in [6, 6.07) is 32.3. The van der Waals surface area contributed by atoms with Gasteiger partial charge in [-0.2, -0.15) is 0 Å². The summed E-state index contributed by atoms with van der Waals surface area (Å²) < 4.78 is 2.25. The molecule has 4 aromatic carbocycles. The Bertz CT molecular complexity index is 1280. The van der Waals surface area contributed by atoms with Crippen LogP contribution in [0.5, 0.6) is 0 Å². The van der Waals surface area contributed by atoms with E-state index < -0.39 is 7.12 Å². The number of nitrogens with zero attached hydrogens (tertiary/aromatic N) is 1. The summed E-state index contributed by atoms with van der Waals surface area (Å²) in [4.78, 5) is 0. The molecule has 0 radical (unpaired) electrons. The molecule has 4 heteroatoms.